The average Bonchev–Trinajstić information content (AvgIpc) is 3.45. The van der Waals surface area contributed by atoms with Crippen LogP contribution in [0.15, 0.2) is 40.6 Å². The van der Waals surface area contributed by atoms with E-state index in [4.69, 9.17) is 0 Å². The van der Waals surface area contributed by atoms with Crippen LogP contribution in [0.3, 0.4) is 0 Å². The zero-order valence-electron chi connectivity index (χ0n) is 17.8. The fourth-order valence-corrected chi connectivity index (χ4v) is 5.69. The Bertz CT molecular complexity index is 1090. The number of hydrogen-bond donors (Lipinski definition) is 2. The first kappa shape index (κ1) is 23.9. The van der Waals surface area contributed by atoms with E-state index in [0.717, 1.165) is 37.0 Å². The first-order valence-corrected chi connectivity index (χ1v) is 12.5. The highest BCUT2D eigenvalue weighted by molar-refractivity contribution is 7.89. The van der Waals surface area contributed by atoms with Crippen LogP contribution in [0.25, 0.3) is 0 Å². The van der Waals surface area contributed by atoms with Gasteiger partial charge in [0.15, 0.2) is 0 Å². The highest BCUT2D eigenvalue weighted by Gasteiger charge is 2.30. The van der Waals surface area contributed by atoms with E-state index in [1.54, 1.807) is 19.4 Å². The third-order valence-electron chi connectivity index (χ3n) is 5.26. The van der Waals surface area contributed by atoms with E-state index >= 15 is 0 Å². The van der Waals surface area contributed by atoms with Gasteiger partial charge in [0.05, 0.1) is 17.1 Å². The predicted octanol–water partition coefficient (Wildman–Crippen LogP) is 3.45. The average molecular weight is 480 g/mol. The van der Waals surface area contributed by atoms with E-state index < -0.39 is 27.9 Å². The lowest BCUT2D eigenvalue weighted by atomic mass is 10.2. The van der Waals surface area contributed by atoms with Gasteiger partial charge >= 0.3 is 6.09 Å². The van der Waals surface area contributed by atoms with Crippen molar-refractivity contribution >= 4 is 44.3 Å². The van der Waals surface area contributed by atoms with Crippen molar-refractivity contribution in [2.45, 2.75) is 43.5 Å². The number of hydrogen-bond acceptors (Lipinski definition) is 7. The van der Waals surface area contributed by atoms with Crippen molar-refractivity contribution in [3.63, 3.8) is 0 Å². The van der Waals surface area contributed by atoms with Crippen molar-refractivity contribution in [2.75, 3.05) is 19.0 Å². The second-order valence-electron chi connectivity index (χ2n) is 7.28. The minimum absolute atomic E-state index is 0.000907. The van der Waals surface area contributed by atoms with Crippen LogP contribution < -0.4 is 10.6 Å². The number of nitrogens with one attached hydrogen (secondary N) is 2. The summed E-state index contributed by atoms with van der Waals surface area (Å²) in [5, 5.41) is 6.56. The number of ether oxygens (including phenoxy) is 1. The summed E-state index contributed by atoms with van der Waals surface area (Å²) in [6.07, 6.45) is 2.87. The fraction of sp³-hybridized carbons (Fsp3) is 0.381. The molecule has 2 aromatic rings. The van der Waals surface area contributed by atoms with Gasteiger partial charge in [-0.15, -0.1) is 11.3 Å². The number of benzene rings is 1. The lowest BCUT2D eigenvalue weighted by Crippen LogP contribution is -2.35. The molecule has 9 nitrogen and oxygen atoms in total. The standard InChI is InChI=1S/C21H25N3O6S2/c1-3-30-21(27)23-19(26)17-12-13-31-20(17)22-18(25)14-8-10-16(11-9-14)32(28,29)24(2)15-6-4-5-7-15/h8-13,15H,3-7H2,1-2H3,(H,22,25)(H,23,26,27). The maximum Gasteiger partial charge on any atom is 0.414 e. The van der Waals surface area contributed by atoms with E-state index in [1.165, 1.54) is 34.6 Å². The molecule has 1 aromatic heterocycles. The number of anilines is 1. The van der Waals surface area contributed by atoms with E-state index in [1.807, 2.05) is 0 Å². The number of amides is 3. The Balaban J connectivity index is 1.69. The monoisotopic (exact) mass is 479 g/mol. The molecule has 1 aliphatic rings. The molecular weight excluding hydrogens is 454 g/mol. The van der Waals surface area contributed by atoms with E-state index in [0.29, 0.717) is 0 Å². The van der Waals surface area contributed by atoms with Gasteiger partial charge in [0, 0.05) is 18.7 Å². The second-order valence-corrected chi connectivity index (χ2v) is 10.2. The number of rotatable bonds is 7. The number of imide groups is 1. The second kappa shape index (κ2) is 10.2. The topological polar surface area (TPSA) is 122 Å². The molecule has 32 heavy (non-hydrogen) atoms. The van der Waals surface area contributed by atoms with Crippen molar-refractivity contribution in [1.82, 2.24) is 9.62 Å². The van der Waals surface area contributed by atoms with Crippen molar-refractivity contribution in [2.24, 2.45) is 0 Å². The van der Waals surface area contributed by atoms with E-state index in [2.05, 4.69) is 15.4 Å². The molecule has 172 valence electrons. The van der Waals surface area contributed by atoms with Gasteiger partial charge in [-0.2, -0.15) is 4.31 Å². The Morgan fingerprint density at radius 2 is 1.75 bits per heavy atom. The summed E-state index contributed by atoms with van der Waals surface area (Å²) >= 11 is 1.12. The Kier molecular flexibility index (Phi) is 7.64. The van der Waals surface area contributed by atoms with Crippen LogP contribution in [-0.2, 0) is 14.8 Å². The van der Waals surface area contributed by atoms with Crippen LogP contribution in [0.4, 0.5) is 9.80 Å². The molecule has 1 fully saturated rings. The minimum Gasteiger partial charge on any atom is -0.450 e. The zero-order chi connectivity index (χ0) is 23.3. The van der Waals surface area contributed by atoms with Gasteiger partial charge in [0.2, 0.25) is 10.0 Å². The van der Waals surface area contributed by atoms with Crippen LogP contribution in [0.5, 0.6) is 0 Å². The highest BCUT2D eigenvalue weighted by atomic mass is 32.2. The first-order chi connectivity index (χ1) is 15.2. The van der Waals surface area contributed by atoms with E-state index in [9.17, 15) is 22.8 Å². The minimum atomic E-state index is -3.64. The number of carbonyl (C=O) groups excluding carboxylic acids is 3. The molecule has 0 unspecified atom stereocenters. The molecule has 0 spiro atoms. The van der Waals surface area contributed by atoms with Gasteiger partial charge in [-0.05, 0) is 55.5 Å². The molecule has 2 N–H and O–H groups in total. The molecule has 3 amide bonds. The molecule has 11 heteroatoms. The van der Waals surface area contributed by atoms with Gasteiger partial charge in [-0.3, -0.25) is 14.9 Å². The highest BCUT2D eigenvalue weighted by Crippen LogP contribution is 2.28. The van der Waals surface area contributed by atoms with Crippen molar-refractivity contribution in [1.29, 1.82) is 0 Å². The molecule has 3 rings (SSSR count). The summed E-state index contributed by atoms with van der Waals surface area (Å²) in [6.45, 7) is 1.73. The third kappa shape index (κ3) is 5.34. The van der Waals surface area contributed by atoms with Crippen molar-refractivity contribution in [3.8, 4) is 0 Å². The largest absolute Gasteiger partial charge is 0.450 e. The molecule has 1 aromatic carbocycles. The van der Waals surface area contributed by atoms with Crippen LogP contribution in [0.1, 0.15) is 53.3 Å². The Morgan fingerprint density at radius 1 is 1.09 bits per heavy atom. The Morgan fingerprint density at radius 3 is 2.38 bits per heavy atom. The number of nitrogens with zero attached hydrogens (tertiary/aromatic N) is 1. The van der Waals surface area contributed by atoms with Gasteiger partial charge in [-0.25, -0.2) is 13.2 Å². The van der Waals surface area contributed by atoms with Crippen molar-refractivity contribution < 1.29 is 27.5 Å². The van der Waals surface area contributed by atoms with Crippen LogP contribution in [-0.4, -0.2) is 50.3 Å². The lowest BCUT2D eigenvalue weighted by Gasteiger charge is -2.23. The van der Waals surface area contributed by atoms with Gasteiger partial charge in [-0.1, -0.05) is 12.8 Å². The van der Waals surface area contributed by atoms with Gasteiger partial charge in [0.25, 0.3) is 11.8 Å². The summed E-state index contributed by atoms with van der Waals surface area (Å²) < 4.78 is 31.8. The normalized spacial score (nSPS) is 14.3. The lowest BCUT2D eigenvalue weighted by molar-refractivity contribution is 0.0926. The first-order valence-electron chi connectivity index (χ1n) is 10.2. The summed E-state index contributed by atoms with van der Waals surface area (Å²) in [7, 11) is -2.05. The van der Waals surface area contributed by atoms with Crippen LogP contribution in [0.2, 0.25) is 0 Å². The summed E-state index contributed by atoms with van der Waals surface area (Å²) in [5.41, 5.74) is 0.353. The fourth-order valence-electron chi connectivity index (χ4n) is 3.50. The summed E-state index contributed by atoms with van der Waals surface area (Å²) in [5.74, 6) is -1.21. The quantitative estimate of drug-likeness (QED) is 0.627. The number of alkyl carbamates (subject to hydrolysis) is 1. The Hall–Kier alpha value is -2.76. The SMILES string of the molecule is CCOC(=O)NC(=O)c1ccsc1NC(=O)c1ccc(S(=O)(=O)N(C)C2CCCC2)cc1. The third-order valence-corrected chi connectivity index (χ3v) is 8.01. The number of thiophene rings is 1. The molecule has 0 atom stereocenters. The summed E-state index contributed by atoms with van der Waals surface area (Å²) in [6, 6.07) is 7.13. The molecule has 1 saturated carbocycles. The summed E-state index contributed by atoms with van der Waals surface area (Å²) in [4.78, 5) is 36.4. The van der Waals surface area contributed by atoms with Gasteiger partial charge in [0.1, 0.15) is 5.00 Å². The zero-order valence-corrected chi connectivity index (χ0v) is 19.4. The van der Waals surface area contributed by atoms with Crippen LogP contribution in [0, 0.1) is 0 Å². The molecule has 0 bridgehead atoms. The smallest absolute Gasteiger partial charge is 0.414 e. The molecule has 1 aliphatic carbocycles. The predicted molar refractivity (Wildman–Crippen MR) is 120 cm³/mol. The van der Waals surface area contributed by atoms with Crippen LogP contribution >= 0.6 is 11.3 Å². The molecule has 0 aliphatic heterocycles. The maximum absolute atomic E-state index is 12.9. The van der Waals surface area contributed by atoms with E-state index in [-0.39, 0.29) is 33.7 Å². The molecule has 0 saturated heterocycles. The Labute approximate surface area is 190 Å². The maximum atomic E-state index is 12.9. The molecule has 0 radical (unpaired) electrons. The molecule has 1 heterocycles. The number of carbonyl (C=O) groups is 3. The van der Waals surface area contributed by atoms with Gasteiger partial charge < -0.3 is 10.1 Å². The van der Waals surface area contributed by atoms with Crippen molar-refractivity contribution in [3.05, 3.63) is 46.8 Å². The molecular formula is C21H25N3O6S2. The number of sulfonamides is 1.